The molecule has 0 heterocycles. The average molecular weight is 209 g/mol. The quantitative estimate of drug-likeness (QED) is 0.755. The smallest absolute Gasteiger partial charge is 0.341 e. The predicted molar refractivity (Wildman–Crippen MR) is 57.1 cm³/mol. The maximum absolute atomic E-state index is 11.4. The fourth-order valence-electron chi connectivity index (χ4n) is 1.21. The summed E-state index contributed by atoms with van der Waals surface area (Å²) in [4.78, 5) is 11.4. The molecule has 0 aliphatic rings. The zero-order valence-electron chi connectivity index (χ0n) is 8.95. The molecular weight excluding hydrogens is 194 g/mol. The summed E-state index contributed by atoms with van der Waals surface area (Å²) in [6.07, 6.45) is 0. The number of ether oxygens (including phenoxy) is 2. The highest BCUT2D eigenvalue weighted by atomic mass is 16.5. The number of benzene rings is 1. The summed E-state index contributed by atoms with van der Waals surface area (Å²) in [6, 6.07) is 5.35. The molecule has 2 N–H and O–H groups in total. The summed E-state index contributed by atoms with van der Waals surface area (Å²) in [6.45, 7) is 2.70. The molecule has 1 rings (SSSR count). The molecule has 0 amide bonds. The minimum absolute atomic E-state index is 0.382. The molecule has 0 bridgehead atoms. The van der Waals surface area contributed by atoms with Crippen LogP contribution in [-0.2, 0) is 4.74 Å². The SMILES string of the molecule is COC(=O)c1cc(C)ccc1OCCN. The van der Waals surface area contributed by atoms with E-state index in [2.05, 4.69) is 4.74 Å². The molecule has 0 saturated carbocycles. The number of carbonyl (C=O) groups is 1. The number of nitrogens with two attached hydrogens (primary N) is 1. The van der Waals surface area contributed by atoms with E-state index in [1.165, 1.54) is 7.11 Å². The van der Waals surface area contributed by atoms with E-state index >= 15 is 0 Å². The van der Waals surface area contributed by atoms with Crippen LogP contribution >= 0.6 is 0 Å². The van der Waals surface area contributed by atoms with Gasteiger partial charge in [0, 0.05) is 6.54 Å². The van der Waals surface area contributed by atoms with Crippen molar-refractivity contribution in [2.45, 2.75) is 6.92 Å². The Morgan fingerprint density at radius 3 is 2.80 bits per heavy atom. The van der Waals surface area contributed by atoms with Crippen LogP contribution < -0.4 is 10.5 Å². The monoisotopic (exact) mass is 209 g/mol. The van der Waals surface area contributed by atoms with Gasteiger partial charge in [-0.25, -0.2) is 4.79 Å². The van der Waals surface area contributed by atoms with E-state index in [9.17, 15) is 4.79 Å². The highest BCUT2D eigenvalue weighted by Gasteiger charge is 2.12. The third-order valence-electron chi connectivity index (χ3n) is 1.92. The van der Waals surface area contributed by atoms with Gasteiger partial charge in [0.25, 0.3) is 0 Å². The standard InChI is InChI=1S/C11H15NO3/c1-8-3-4-10(15-6-5-12)9(7-8)11(13)14-2/h3-4,7H,5-6,12H2,1-2H3. The second-order valence-corrected chi connectivity index (χ2v) is 3.13. The van der Waals surface area contributed by atoms with Gasteiger partial charge in [-0.05, 0) is 19.1 Å². The highest BCUT2D eigenvalue weighted by molar-refractivity contribution is 5.92. The lowest BCUT2D eigenvalue weighted by Crippen LogP contribution is -2.13. The van der Waals surface area contributed by atoms with Gasteiger partial charge in [-0.1, -0.05) is 11.6 Å². The minimum atomic E-state index is -0.397. The summed E-state index contributed by atoms with van der Waals surface area (Å²) < 4.78 is 10.0. The summed E-state index contributed by atoms with van der Waals surface area (Å²) in [7, 11) is 1.34. The van der Waals surface area contributed by atoms with Crippen LogP contribution in [0.2, 0.25) is 0 Å². The molecule has 0 saturated heterocycles. The van der Waals surface area contributed by atoms with E-state index in [0.29, 0.717) is 24.5 Å². The lowest BCUT2D eigenvalue weighted by atomic mass is 10.1. The number of aryl methyl sites for hydroxylation is 1. The molecule has 4 heteroatoms. The van der Waals surface area contributed by atoms with Gasteiger partial charge in [0.1, 0.15) is 17.9 Å². The Hall–Kier alpha value is -1.55. The third-order valence-corrected chi connectivity index (χ3v) is 1.92. The van der Waals surface area contributed by atoms with Crippen LogP contribution in [0.25, 0.3) is 0 Å². The molecule has 1 aromatic carbocycles. The zero-order chi connectivity index (χ0) is 11.3. The van der Waals surface area contributed by atoms with Crippen LogP contribution in [0.1, 0.15) is 15.9 Å². The molecule has 15 heavy (non-hydrogen) atoms. The Balaban J connectivity index is 2.97. The molecular formula is C11H15NO3. The summed E-state index contributed by atoms with van der Waals surface area (Å²) in [5.41, 5.74) is 6.74. The first-order chi connectivity index (χ1) is 7.19. The fraction of sp³-hybridized carbons (Fsp3) is 0.364. The Labute approximate surface area is 89.0 Å². The summed E-state index contributed by atoms with van der Waals surface area (Å²) in [5, 5.41) is 0. The second kappa shape index (κ2) is 5.36. The lowest BCUT2D eigenvalue weighted by molar-refractivity contribution is 0.0596. The van der Waals surface area contributed by atoms with Crippen LogP contribution in [0.5, 0.6) is 5.75 Å². The first-order valence-electron chi connectivity index (χ1n) is 4.71. The van der Waals surface area contributed by atoms with Crippen molar-refractivity contribution in [3.8, 4) is 5.75 Å². The Morgan fingerprint density at radius 2 is 2.20 bits per heavy atom. The van der Waals surface area contributed by atoms with Gasteiger partial charge in [-0.3, -0.25) is 0 Å². The van der Waals surface area contributed by atoms with Crippen molar-refractivity contribution in [3.63, 3.8) is 0 Å². The van der Waals surface area contributed by atoms with Crippen molar-refractivity contribution in [1.82, 2.24) is 0 Å². The van der Waals surface area contributed by atoms with Gasteiger partial charge >= 0.3 is 5.97 Å². The van der Waals surface area contributed by atoms with Crippen molar-refractivity contribution < 1.29 is 14.3 Å². The summed E-state index contributed by atoms with van der Waals surface area (Å²) >= 11 is 0. The molecule has 82 valence electrons. The van der Waals surface area contributed by atoms with Gasteiger partial charge in [0.15, 0.2) is 0 Å². The van der Waals surface area contributed by atoms with E-state index in [0.717, 1.165) is 5.56 Å². The maximum atomic E-state index is 11.4. The molecule has 1 aromatic rings. The topological polar surface area (TPSA) is 61.5 Å². The van der Waals surface area contributed by atoms with Crippen LogP contribution in [0.4, 0.5) is 0 Å². The average Bonchev–Trinajstić information content (AvgIpc) is 2.26. The van der Waals surface area contributed by atoms with E-state index in [1.807, 2.05) is 13.0 Å². The number of rotatable bonds is 4. The molecule has 0 radical (unpaired) electrons. The fourth-order valence-corrected chi connectivity index (χ4v) is 1.21. The highest BCUT2D eigenvalue weighted by Crippen LogP contribution is 2.20. The lowest BCUT2D eigenvalue weighted by Gasteiger charge is -2.09. The van der Waals surface area contributed by atoms with E-state index < -0.39 is 5.97 Å². The van der Waals surface area contributed by atoms with Gasteiger partial charge < -0.3 is 15.2 Å². The first-order valence-corrected chi connectivity index (χ1v) is 4.71. The van der Waals surface area contributed by atoms with E-state index in [1.54, 1.807) is 12.1 Å². The summed E-state index contributed by atoms with van der Waals surface area (Å²) in [5.74, 6) is 0.114. The van der Waals surface area contributed by atoms with Crippen LogP contribution in [0, 0.1) is 6.92 Å². The third kappa shape index (κ3) is 2.95. The Kier molecular flexibility index (Phi) is 4.12. The molecule has 0 aromatic heterocycles. The predicted octanol–water partition coefficient (Wildman–Crippen LogP) is 1.12. The Bertz CT molecular complexity index is 350. The minimum Gasteiger partial charge on any atom is -0.491 e. The van der Waals surface area contributed by atoms with Crippen molar-refractivity contribution in [3.05, 3.63) is 29.3 Å². The first kappa shape index (κ1) is 11.5. The molecule has 0 spiro atoms. The van der Waals surface area contributed by atoms with Crippen molar-refractivity contribution in [2.24, 2.45) is 5.73 Å². The number of esters is 1. The number of methoxy groups -OCH3 is 1. The second-order valence-electron chi connectivity index (χ2n) is 3.13. The van der Waals surface area contributed by atoms with Crippen molar-refractivity contribution in [2.75, 3.05) is 20.3 Å². The van der Waals surface area contributed by atoms with Gasteiger partial charge in [-0.15, -0.1) is 0 Å². The normalized spacial score (nSPS) is 9.80. The van der Waals surface area contributed by atoms with Crippen LogP contribution in [-0.4, -0.2) is 26.2 Å². The number of hydrogen-bond acceptors (Lipinski definition) is 4. The van der Waals surface area contributed by atoms with Gasteiger partial charge in [0.05, 0.1) is 7.11 Å². The molecule has 0 aliphatic heterocycles. The number of carbonyl (C=O) groups excluding carboxylic acids is 1. The maximum Gasteiger partial charge on any atom is 0.341 e. The van der Waals surface area contributed by atoms with E-state index in [-0.39, 0.29) is 0 Å². The molecule has 0 atom stereocenters. The van der Waals surface area contributed by atoms with Crippen molar-refractivity contribution in [1.29, 1.82) is 0 Å². The van der Waals surface area contributed by atoms with E-state index in [4.69, 9.17) is 10.5 Å². The van der Waals surface area contributed by atoms with Crippen molar-refractivity contribution >= 4 is 5.97 Å². The van der Waals surface area contributed by atoms with Crippen LogP contribution in [0.3, 0.4) is 0 Å². The molecule has 4 nitrogen and oxygen atoms in total. The largest absolute Gasteiger partial charge is 0.491 e. The van der Waals surface area contributed by atoms with Crippen LogP contribution in [0.15, 0.2) is 18.2 Å². The molecule has 0 fully saturated rings. The molecule has 0 aliphatic carbocycles. The number of hydrogen-bond donors (Lipinski definition) is 1. The van der Waals surface area contributed by atoms with Gasteiger partial charge in [0.2, 0.25) is 0 Å². The zero-order valence-corrected chi connectivity index (χ0v) is 8.95. The van der Waals surface area contributed by atoms with Gasteiger partial charge in [-0.2, -0.15) is 0 Å². The Morgan fingerprint density at radius 1 is 1.47 bits per heavy atom. The molecule has 0 unspecified atom stereocenters.